The van der Waals surface area contributed by atoms with Gasteiger partial charge in [-0.05, 0) is 45.9 Å². The third-order valence-corrected chi connectivity index (χ3v) is 6.40. The summed E-state index contributed by atoms with van der Waals surface area (Å²) in [7, 11) is 0. The van der Waals surface area contributed by atoms with Gasteiger partial charge >= 0.3 is 6.09 Å². The number of piperazine rings is 1. The van der Waals surface area contributed by atoms with Crippen LogP contribution in [0.15, 0.2) is 24.4 Å². The van der Waals surface area contributed by atoms with E-state index in [9.17, 15) is 9.59 Å². The van der Waals surface area contributed by atoms with Crippen LogP contribution in [-0.2, 0) is 4.74 Å². The normalized spacial score (nSPS) is 14.5. The molecule has 164 valence electrons. The highest BCUT2D eigenvalue weighted by Crippen LogP contribution is 2.31. The molecule has 0 spiro atoms. The van der Waals surface area contributed by atoms with Crippen molar-refractivity contribution in [2.75, 3.05) is 32.8 Å². The van der Waals surface area contributed by atoms with Gasteiger partial charge in [0.25, 0.3) is 5.91 Å². The molecule has 9 heteroatoms. The second kappa shape index (κ2) is 8.66. The summed E-state index contributed by atoms with van der Waals surface area (Å²) >= 11 is 1.66. The van der Waals surface area contributed by atoms with E-state index < -0.39 is 0 Å². The molecule has 0 atom stereocenters. The van der Waals surface area contributed by atoms with Crippen LogP contribution in [0.1, 0.15) is 42.0 Å². The summed E-state index contributed by atoms with van der Waals surface area (Å²) in [5.41, 5.74) is 2.09. The summed E-state index contributed by atoms with van der Waals surface area (Å²) in [4.78, 5) is 36.0. The number of nitrogens with zero attached hydrogens (tertiary/aromatic N) is 5. The molecule has 31 heavy (non-hydrogen) atoms. The van der Waals surface area contributed by atoms with E-state index >= 15 is 0 Å². The summed E-state index contributed by atoms with van der Waals surface area (Å²) < 4.78 is 6.93. The second-order valence-corrected chi connectivity index (χ2v) is 9.15. The number of carbonyl (C=O) groups excluding carboxylic acids is 2. The monoisotopic (exact) mass is 441 g/mol. The van der Waals surface area contributed by atoms with E-state index in [1.807, 2.05) is 30.7 Å². The Morgan fingerprint density at radius 3 is 2.48 bits per heavy atom. The van der Waals surface area contributed by atoms with Gasteiger partial charge in [-0.1, -0.05) is 0 Å². The first-order valence-corrected chi connectivity index (χ1v) is 11.4. The maximum Gasteiger partial charge on any atom is 0.409 e. The summed E-state index contributed by atoms with van der Waals surface area (Å²) in [6.07, 6.45) is 1.41. The van der Waals surface area contributed by atoms with Crippen molar-refractivity contribution in [1.82, 2.24) is 24.6 Å². The fraction of sp³-hybridized carbons (Fsp3) is 0.455. The van der Waals surface area contributed by atoms with Crippen LogP contribution in [0.3, 0.4) is 0 Å². The molecule has 3 aromatic rings. The summed E-state index contributed by atoms with van der Waals surface area (Å²) in [6.45, 7) is 10.1. The smallest absolute Gasteiger partial charge is 0.409 e. The van der Waals surface area contributed by atoms with Gasteiger partial charge < -0.3 is 14.5 Å². The Labute approximate surface area is 185 Å². The highest BCUT2D eigenvalue weighted by Gasteiger charge is 2.28. The molecule has 4 heterocycles. The van der Waals surface area contributed by atoms with Gasteiger partial charge in [0, 0.05) is 37.1 Å². The molecule has 1 aliphatic heterocycles. The number of pyridine rings is 1. The maximum absolute atomic E-state index is 13.5. The Balaban J connectivity index is 1.68. The number of rotatable bonds is 4. The third-order valence-electron chi connectivity index (χ3n) is 5.37. The van der Waals surface area contributed by atoms with Crippen molar-refractivity contribution >= 4 is 34.4 Å². The van der Waals surface area contributed by atoms with E-state index in [2.05, 4.69) is 18.1 Å². The molecule has 0 bridgehead atoms. The standard InChI is InChI=1S/C22H27N5O3S/c1-5-30-22(29)26-10-8-25(9-11-26)21(28)16-12-18(19-7-6-15(4)31-19)24-20-17(16)13-23-27(20)14(2)3/h6-7,12-14H,5,8-11H2,1-4H3. The van der Waals surface area contributed by atoms with Crippen LogP contribution in [-0.4, -0.2) is 69.4 Å². The van der Waals surface area contributed by atoms with E-state index in [1.165, 1.54) is 4.88 Å². The van der Waals surface area contributed by atoms with Crippen molar-refractivity contribution in [2.45, 2.75) is 33.7 Å². The number of hydrogen-bond donors (Lipinski definition) is 0. The van der Waals surface area contributed by atoms with E-state index in [0.29, 0.717) is 44.0 Å². The molecule has 4 rings (SSSR count). The minimum Gasteiger partial charge on any atom is -0.450 e. The molecular formula is C22H27N5O3S. The van der Waals surface area contributed by atoms with Crippen LogP contribution >= 0.6 is 11.3 Å². The van der Waals surface area contributed by atoms with Gasteiger partial charge in [-0.2, -0.15) is 5.10 Å². The molecule has 0 N–H and O–H groups in total. The van der Waals surface area contributed by atoms with Crippen molar-refractivity contribution in [3.63, 3.8) is 0 Å². The van der Waals surface area contributed by atoms with Crippen LogP contribution < -0.4 is 0 Å². The topological polar surface area (TPSA) is 80.6 Å². The Bertz CT molecular complexity index is 1110. The SMILES string of the molecule is CCOC(=O)N1CCN(C(=O)c2cc(-c3ccc(C)s3)nc3c2cnn3C(C)C)CC1. The zero-order valence-corrected chi connectivity index (χ0v) is 19.1. The molecule has 8 nitrogen and oxygen atoms in total. The van der Waals surface area contributed by atoms with Crippen LogP contribution in [0.4, 0.5) is 4.79 Å². The molecule has 1 aliphatic rings. The number of thiophene rings is 1. The van der Waals surface area contributed by atoms with Gasteiger partial charge in [-0.3, -0.25) is 4.79 Å². The average molecular weight is 442 g/mol. The minimum atomic E-state index is -0.325. The fourth-order valence-electron chi connectivity index (χ4n) is 3.75. The fourth-order valence-corrected chi connectivity index (χ4v) is 4.58. The lowest BCUT2D eigenvalue weighted by Crippen LogP contribution is -2.50. The van der Waals surface area contributed by atoms with Gasteiger partial charge in [0.05, 0.1) is 34.3 Å². The van der Waals surface area contributed by atoms with E-state index in [0.717, 1.165) is 16.0 Å². The molecule has 3 aromatic heterocycles. The number of ether oxygens (including phenoxy) is 1. The first-order valence-electron chi connectivity index (χ1n) is 10.5. The molecule has 0 aromatic carbocycles. The summed E-state index contributed by atoms with van der Waals surface area (Å²) in [6, 6.07) is 6.10. The maximum atomic E-state index is 13.5. The highest BCUT2D eigenvalue weighted by atomic mass is 32.1. The van der Waals surface area contributed by atoms with Crippen LogP contribution in [0.2, 0.25) is 0 Å². The zero-order chi connectivity index (χ0) is 22.1. The Hall–Kier alpha value is -2.94. The first kappa shape index (κ1) is 21.3. The lowest BCUT2D eigenvalue weighted by atomic mass is 10.1. The molecule has 0 unspecified atom stereocenters. The lowest BCUT2D eigenvalue weighted by molar-refractivity contribution is 0.0572. The summed E-state index contributed by atoms with van der Waals surface area (Å²) in [5.74, 6) is -0.0613. The van der Waals surface area contributed by atoms with E-state index in [4.69, 9.17) is 9.72 Å². The quantitative estimate of drug-likeness (QED) is 0.612. The number of aryl methyl sites for hydroxylation is 1. The van der Waals surface area contributed by atoms with Gasteiger partial charge in [-0.25, -0.2) is 14.5 Å². The second-order valence-electron chi connectivity index (χ2n) is 7.86. The molecule has 0 aliphatic carbocycles. The predicted molar refractivity (Wildman–Crippen MR) is 120 cm³/mol. The molecule has 0 saturated carbocycles. The summed E-state index contributed by atoms with van der Waals surface area (Å²) in [5, 5.41) is 5.25. The van der Waals surface area contributed by atoms with E-state index in [1.54, 1.807) is 34.3 Å². The molecule has 0 radical (unpaired) electrons. The zero-order valence-electron chi connectivity index (χ0n) is 18.3. The molecule has 2 amide bonds. The molecule has 1 saturated heterocycles. The van der Waals surface area contributed by atoms with Crippen LogP contribution in [0.25, 0.3) is 21.6 Å². The largest absolute Gasteiger partial charge is 0.450 e. The number of hydrogen-bond acceptors (Lipinski definition) is 6. The number of fused-ring (bicyclic) bond motifs is 1. The number of amides is 2. The Kier molecular flexibility index (Phi) is 5.95. The van der Waals surface area contributed by atoms with Crippen molar-refractivity contribution in [2.24, 2.45) is 0 Å². The van der Waals surface area contributed by atoms with Crippen LogP contribution in [0.5, 0.6) is 0 Å². The van der Waals surface area contributed by atoms with Gasteiger partial charge in [-0.15, -0.1) is 11.3 Å². The lowest BCUT2D eigenvalue weighted by Gasteiger charge is -2.34. The van der Waals surface area contributed by atoms with Crippen molar-refractivity contribution in [1.29, 1.82) is 0 Å². The van der Waals surface area contributed by atoms with Gasteiger partial charge in [0.2, 0.25) is 0 Å². The van der Waals surface area contributed by atoms with Crippen molar-refractivity contribution in [3.8, 4) is 10.6 Å². The Morgan fingerprint density at radius 1 is 1.16 bits per heavy atom. The van der Waals surface area contributed by atoms with Crippen molar-refractivity contribution in [3.05, 3.63) is 34.8 Å². The predicted octanol–water partition coefficient (Wildman–Crippen LogP) is 3.96. The van der Waals surface area contributed by atoms with Crippen LogP contribution in [0, 0.1) is 6.92 Å². The van der Waals surface area contributed by atoms with E-state index in [-0.39, 0.29) is 18.0 Å². The average Bonchev–Trinajstić information content (AvgIpc) is 3.39. The van der Waals surface area contributed by atoms with Gasteiger partial charge in [0.15, 0.2) is 5.65 Å². The number of carbonyl (C=O) groups is 2. The molecule has 1 fully saturated rings. The highest BCUT2D eigenvalue weighted by molar-refractivity contribution is 7.15. The Morgan fingerprint density at radius 2 is 1.87 bits per heavy atom. The molecular weight excluding hydrogens is 414 g/mol. The van der Waals surface area contributed by atoms with Gasteiger partial charge in [0.1, 0.15) is 0 Å². The number of aromatic nitrogens is 3. The van der Waals surface area contributed by atoms with Crippen molar-refractivity contribution < 1.29 is 14.3 Å². The first-order chi connectivity index (χ1) is 14.9. The third kappa shape index (κ3) is 4.14. The minimum absolute atomic E-state index is 0.0613.